The van der Waals surface area contributed by atoms with Crippen LogP contribution in [0, 0.1) is 0 Å². The Hall–Kier alpha value is -2.30. The first kappa shape index (κ1) is 18.5. The quantitative estimate of drug-likeness (QED) is 0.726. The Morgan fingerprint density at radius 3 is 2.81 bits per heavy atom. The number of hydrogen-bond acceptors (Lipinski definition) is 6. The molecule has 138 valence electrons. The topological polar surface area (TPSA) is 108 Å². The number of rotatable bonds is 5. The molecule has 0 atom stereocenters. The fourth-order valence-corrected chi connectivity index (χ4v) is 4.88. The van der Waals surface area contributed by atoms with E-state index >= 15 is 0 Å². The summed E-state index contributed by atoms with van der Waals surface area (Å²) in [5.74, 6) is -1.05. The number of carbonyl (C=O) groups is 2. The summed E-state index contributed by atoms with van der Waals surface area (Å²) in [4.78, 5) is 29.6. The number of nitrogens with zero attached hydrogens (tertiary/aromatic N) is 2. The van der Waals surface area contributed by atoms with Gasteiger partial charge >= 0.3 is 0 Å². The summed E-state index contributed by atoms with van der Waals surface area (Å²) in [7, 11) is -2.54. The number of aryl methyl sites for hydroxylation is 2. The van der Waals surface area contributed by atoms with Gasteiger partial charge in [0.05, 0.1) is 11.4 Å². The monoisotopic (exact) mass is 394 g/mol. The third-order valence-corrected chi connectivity index (χ3v) is 7.02. The first-order valence-corrected chi connectivity index (χ1v) is 10.2. The van der Waals surface area contributed by atoms with Crippen molar-refractivity contribution in [3.63, 3.8) is 0 Å². The van der Waals surface area contributed by atoms with Crippen molar-refractivity contribution in [1.82, 2.24) is 20.1 Å². The van der Waals surface area contributed by atoms with E-state index in [0.29, 0.717) is 4.88 Å². The zero-order valence-corrected chi connectivity index (χ0v) is 15.7. The number of hydrazine groups is 1. The molecule has 0 saturated heterocycles. The number of amides is 2. The fourth-order valence-electron chi connectivity index (χ4n) is 2.64. The zero-order valence-electron chi connectivity index (χ0n) is 14.1. The van der Waals surface area contributed by atoms with E-state index in [4.69, 9.17) is 0 Å². The number of nitrogens with one attached hydrogen (secondary N) is 2. The van der Waals surface area contributed by atoms with Gasteiger partial charge in [0.25, 0.3) is 11.8 Å². The number of sulfonamides is 1. The summed E-state index contributed by atoms with van der Waals surface area (Å²) in [6.45, 7) is -0.432. The van der Waals surface area contributed by atoms with Crippen molar-refractivity contribution in [2.75, 3.05) is 13.6 Å². The number of likely N-dealkylation sites (N-methyl/N-ethyl adjacent to an activating group) is 1. The molecule has 0 fully saturated rings. The van der Waals surface area contributed by atoms with Gasteiger partial charge in [-0.05, 0) is 43.0 Å². The van der Waals surface area contributed by atoms with Crippen LogP contribution in [0.5, 0.6) is 0 Å². The molecular formula is C16H18N4O4S2. The summed E-state index contributed by atoms with van der Waals surface area (Å²) < 4.78 is 25.5. The maximum atomic E-state index is 12.3. The van der Waals surface area contributed by atoms with E-state index in [1.165, 1.54) is 53.4 Å². The molecule has 0 bridgehead atoms. The molecule has 10 heteroatoms. The van der Waals surface area contributed by atoms with Crippen LogP contribution in [0.3, 0.4) is 0 Å². The van der Waals surface area contributed by atoms with Gasteiger partial charge in [-0.1, -0.05) is 0 Å². The average Bonchev–Trinajstić information content (AvgIpc) is 3.22. The molecule has 0 unspecified atom stereocenters. The Kier molecular flexibility index (Phi) is 5.35. The largest absolute Gasteiger partial charge is 0.279 e. The fraction of sp³-hybridized carbons (Fsp3) is 0.312. The molecular weight excluding hydrogens is 376 g/mol. The van der Waals surface area contributed by atoms with Crippen molar-refractivity contribution in [3.05, 3.63) is 45.9 Å². The van der Waals surface area contributed by atoms with E-state index in [2.05, 4.69) is 15.8 Å². The van der Waals surface area contributed by atoms with Crippen LogP contribution >= 0.6 is 11.3 Å². The Bertz CT molecular complexity index is 903. The molecule has 0 aromatic carbocycles. The van der Waals surface area contributed by atoms with Crippen molar-refractivity contribution < 1.29 is 18.0 Å². The van der Waals surface area contributed by atoms with Crippen molar-refractivity contribution >= 4 is 33.2 Å². The highest BCUT2D eigenvalue weighted by Gasteiger charge is 2.23. The van der Waals surface area contributed by atoms with Crippen molar-refractivity contribution in [3.8, 4) is 0 Å². The molecule has 2 aromatic heterocycles. The van der Waals surface area contributed by atoms with Crippen LogP contribution in [0.25, 0.3) is 0 Å². The van der Waals surface area contributed by atoms with Crippen LogP contribution in [-0.4, -0.2) is 43.1 Å². The maximum Gasteiger partial charge on any atom is 0.279 e. The lowest BCUT2D eigenvalue weighted by molar-refractivity contribution is -0.121. The molecule has 0 radical (unpaired) electrons. The van der Waals surface area contributed by atoms with Crippen LogP contribution in [0.1, 0.15) is 26.5 Å². The van der Waals surface area contributed by atoms with Gasteiger partial charge in [0.1, 0.15) is 4.90 Å². The minimum atomic E-state index is -3.82. The third-order valence-electron chi connectivity index (χ3n) is 3.99. The van der Waals surface area contributed by atoms with Crippen LogP contribution in [0.15, 0.2) is 35.5 Å². The SMILES string of the molecule is CN(CC(=O)NNC(=O)c1cc2c(s1)CCC2)S(=O)(=O)c1cccnc1. The van der Waals surface area contributed by atoms with Gasteiger partial charge in [0.15, 0.2) is 0 Å². The average molecular weight is 394 g/mol. The first-order valence-electron chi connectivity index (χ1n) is 7.95. The minimum absolute atomic E-state index is 0.00700. The minimum Gasteiger partial charge on any atom is -0.272 e. The third kappa shape index (κ3) is 3.92. The summed E-state index contributed by atoms with van der Waals surface area (Å²) in [6, 6.07) is 4.74. The van der Waals surface area contributed by atoms with Gasteiger partial charge in [0, 0.05) is 24.3 Å². The van der Waals surface area contributed by atoms with Crippen LogP contribution in [0.2, 0.25) is 0 Å². The van der Waals surface area contributed by atoms with Gasteiger partial charge in [-0.3, -0.25) is 25.4 Å². The number of carbonyl (C=O) groups excluding carboxylic acids is 2. The highest BCUT2D eigenvalue weighted by atomic mass is 32.2. The van der Waals surface area contributed by atoms with E-state index in [1.807, 2.05) is 6.07 Å². The van der Waals surface area contributed by atoms with Crippen LogP contribution < -0.4 is 10.9 Å². The van der Waals surface area contributed by atoms with Crippen molar-refractivity contribution in [2.24, 2.45) is 0 Å². The molecule has 8 nitrogen and oxygen atoms in total. The van der Waals surface area contributed by atoms with Crippen LogP contribution in [0.4, 0.5) is 0 Å². The van der Waals surface area contributed by atoms with E-state index in [1.54, 1.807) is 0 Å². The number of fused-ring (bicyclic) bond motifs is 1. The van der Waals surface area contributed by atoms with Gasteiger partial charge in [-0.25, -0.2) is 8.42 Å². The second-order valence-electron chi connectivity index (χ2n) is 5.86. The Labute approximate surface area is 155 Å². The smallest absolute Gasteiger partial charge is 0.272 e. The molecule has 2 aromatic rings. The highest BCUT2D eigenvalue weighted by molar-refractivity contribution is 7.89. The Balaban J connectivity index is 1.54. The normalized spacial score (nSPS) is 13.5. The van der Waals surface area contributed by atoms with Gasteiger partial charge in [0.2, 0.25) is 10.0 Å². The molecule has 2 N–H and O–H groups in total. The summed E-state index contributed by atoms with van der Waals surface area (Å²) in [5, 5.41) is 0. The number of pyridine rings is 1. The predicted octanol–water partition coefficient (Wildman–Crippen LogP) is 0.713. The zero-order chi connectivity index (χ0) is 18.7. The van der Waals surface area contributed by atoms with Crippen molar-refractivity contribution in [2.45, 2.75) is 24.2 Å². The van der Waals surface area contributed by atoms with Gasteiger partial charge < -0.3 is 0 Å². The van der Waals surface area contributed by atoms with Gasteiger partial charge in [-0.15, -0.1) is 11.3 Å². The van der Waals surface area contributed by atoms with Gasteiger partial charge in [-0.2, -0.15) is 4.31 Å². The van der Waals surface area contributed by atoms with E-state index in [9.17, 15) is 18.0 Å². The Morgan fingerprint density at radius 1 is 1.31 bits per heavy atom. The molecule has 0 saturated carbocycles. The second-order valence-corrected chi connectivity index (χ2v) is 9.05. The molecule has 2 heterocycles. The number of aromatic nitrogens is 1. The second kappa shape index (κ2) is 7.52. The van der Waals surface area contributed by atoms with Crippen molar-refractivity contribution in [1.29, 1.82) is 0 Å². The lowest BCUT2D eigenvalue weighted by atomic mass is 10.2. The molecule has 0 spiro atoms. The molecule has 0 aliphatic heterocycles. The van der Waals surface area contributed by atoms with E-state index in [0.717, 1.165) is 23.6 Å². The number of thiophene rings is 1. The summed E-state index contributed by atoms with van der Waals surface area (Å²) in [5.41, 5.74) is 5.76. The van der Waals surface area contributed by atoms with Crippen LogP contribution in [-0.2, 0) is 27.7 Å². The summed E-state index contributed by atoms with van der Waals surface area (Å²) in [6.07, 6.45) is 5.74. The molecule has 1 aliphatic rings. The molecule has 2 amide bonds. The maximum absolute atomic E-state index is 12.3. The lowest BCUT2D eigenvalue weighted by Gasteiger charge is -2.16. The summed E-state index contributed by atoms with van der Waals surface area (Å²) >= 11 is 1.42. The lowest BCUT2D eigenvalue weighted by Crippen LogP contribution is -2.46. The van der Waals surface area contributed by atoms with E-state index < -0.39 is 28.4 Å². The standard InChI is InChI=1S/C16H18N4O4S2/c1-20(26(23,24)12-5-3-7-17-9-12)10-15(21)18-19-16(22)14-8-11-4-2-6-13(11)25-14/h3,5,7-9H,2,4,6,10H2,1H3,(H,18,21)(H,19,22). The Morgan fingerprint density at radius 2 is 2.12 bits per heavy atom. The van der Waals surface area contributed by atoms with E-state index in [-0.39, 0.29) is 4.90 Å². The number of hydrogen-bond donors (Lipinski definition) is 2. The molecule has 3 rings (SSSR count). The first-order chi connectivity index (χ1) is 12.4. The molecule has 1 aliphatic carbocycles. The highest BCUT2D eigenvalue weighted by Crippen LogP contribution is 2.30. The predicted molar refractivity (Wildman–Crippen MR) is 96.0 cm³/mol. The molecule has 26 heavy (non-hydrogen) atoms.